The van der Waals surface area contributed by atoms with Gasteiger partial charge in [-0.05, 0) is 57.3 Å². The van der Waals surface area contributed by atoms with E-state index in [1.165, 1.54) is 18.9 Å². The maximum atomic E-state index is 13.4. The molecule has 0 spiro atoms. The number of thiazole rings is 1. The van der Waals surface area contributed by atoms with Crippen molar-refractivity contribution in [3.63, 3.8) is 0 Å². The zero-order chi connectivity index (χ0) is 28.3. The van der Waals surface area contributed by atoms with Gasteiger partial charge in [0.25, 0.3) is 11.8 Å². The van der Waals surface area contributed by atoms with Gasteiger partial charge in [-0.25, -0.2) is 4.98 Å². The zero-order valence-corrected chi connectivity index (χ0v) is 24.5. The molecule has 3 aliphatic rings. The highest BCUT2D eigenvalue weighted by Crippen LogP contribution is 2.44. The second-order valence-electron chi connectivity index (χ2n) is 10.0. The topological polar surface area (TPSA) is 155 Å². The fraction of sp³-hybridized carbons (Fsp3) is 0.583. The van der Waals surface area contributed by atoms with Gasteiger partial charge < -0.3 is 30.1 Å². The number of nitrogens with one attached hydrogen (secondary N) is 1. The van der Waals surface area contributed by atoms with Crippen molar-refractivity contribution in [3.05, 3.63) is 22.3 Å². The maximum absolute atomic E-state index is 13.4. The van der Waals surface area contributed by atoms with Crippen molar-refractivity contribution in [2.75, 3.05) is 38.6 Å². The number of thiocarbonyl (C=S) groups is 1. The van der Waals surface area contributed by atoms with E-state index in [1.54, 1.807) is 31.1 Å². The Labute approximate surface area is 239 Å². The van der Waals surface area contributed by atoms with E-state index >= 15 is 0 Å². The molecule has 2 atom stereocenters. The number of thioether (sulfide) groups is 1. The molecule has 0 aromatic carbocycles. The molecule has 0 saturated carbocycles. The van der Waals surface area contributed by atoms with Crippen molar-refractivity contribution in [2.24, 2.45) is 16.5 Å². The summed E-state index contributed by atoms with van der Waals surface area (Å²) in [5.41, 5.74) is 6.66. The van der Waals surface area contributed by atoms with Crippen LogP contribution in [0.5, 0.6) is 0 Å². The van der Waals surface area contributed by atoms with Gasteiger partial charge in [0.2, 0.25) is 11.8 Å². The number of carbonyl (C=O) groups is 3. The van der Waals surface area contributed by atoms with Crippen LogP contribution in [0.4, 0.5) is 5.13 Å². The molecule has 0 aliphatic carbocycles. The summed E-state index contributed by atoms with van der Waals surface area (Å²) < 4.78 is 16.4. The van der Waals surface area contributed by atoms with Gasteiger partial charge in [-0.1, -0.05) is 5.16 Å². The second kappa shape index (κ2) is 12.2. The molecule has 3 aliphatic heterocycles. The first-order chi connectivity index (χ1) is 18.5. The van der Waals surface area contributed by atoms with Crippen LogP contribution in [-0.4, -0.2) is 82.7 Å². The Bertz CT molecular complexity index is 1200. The molecule has 1 aromatic heterocycles. The predicted octanol–water partition coefficient (Wildman–Crippen LogP) is 2.05. The highest BCUT2D eigenvalue weighted by Gasteiger charge is 2.54. The van der Waals surface area contributed by atoms with E-state index in [1.807, 2.05) is 0 Å². The van der Waals surface area contributed by atoms with Gasteiger partial charge in [0, 0.05) is 24.3 Å². The fourth-order valence-electron chi connectivity index (χ4n) is 4.31. The molecule has 2 amide bonds. The van der Waals surface area contributed by atoms with Crippen molar-refractivity contribution in [1.29, 1.82) is 0 Å². The molecular formula is C24H31N5O7S3. The molecule has 12 nitrogen and oxygen atoms in total. The second-order valence-corrected chi connectivity index (χ2v) is 12.4. The highest BCUT2D eigenvalue weighted by molar-refractivity contribution is 8.00. The van der Waals surface area contributed by atoms with Gasteiger partial charge >= 0.3 is 5.97 Å². The van der Waals surface area contributed by atoms with Crippen molar-refractivity contribution in [1.82, 2.24) is 15.2 Å². The third-order valence-corrected chi connectivity index (χ3v) is 8.63. The predicted molar refractivity (Wildman–Crippen MR) is 150 cm³/mol. The molecule has 3 N–H and O–H groups in total. The van der Waals surface area contributed by atoms with Crippen molar-refractivity contribution in [2.45, 2.75) is 45.0 Å². The van der Waals surface area contributed by atoms with Crippen molar-refractivity contribution in [3.8, 4) is 0 Å². The summed E-state index contributed by atoms with van der Waals surface area (Å²) in [6, 6.07) is -0.826. The number of nitrogens with zero attached hydrogens (tertiary/aromatic N) is 3. The first kappa shape index (κ1) is 29.2. The van der Waals surface area contributed by atoms with Crippen LogP contribution in [0.2, 0.25) is 0 Å². The summed E-state index contributed by atoms with van der Waals surface area (Å²) in [6.45, 7) is 6.07. The molecule has 2 fully saturated rings. The molecule has 4 rings (SSSR count). The zero-order valence-electron chi connectivity index (χ0n) is 22.1. The summed E-state index contributed by atoms with van der Waals surface area (Å²) in [7, 11) is 1.31. The van der Waals surface area contributed by atoms with E-state index in [-0.39, 0.29) is 40.2 Å². The molecule has 39 heavy (non-hydrogen) atoms. The minimum atomic E-state index is -0.826. The van der Waals surface area contributed by atoms with Crippen LogP contribution in [0.25, 0.3) is 0 Å². The third-order valence-electron chi connectivity index (χ3n) is 6.35. The Morgan fingerprint density at radius 2 is 2.03 bits per heavy atom. The van der Waals surface area contributed by atoms with E-state index in [0.29, 0.717) is 24.7 Å². The molecular weight excluding hydrogens is 566 g/mol. The van der Waals surface area contributed by atoms with Crippen LogP contribution in [0.1, 0.15) is 39.3 Å². The van der Waals surface area contributed by atoms with Crippen LogP contribution in [-0.2, 0) is 33.4 Å². The van der Waals surface area contributed by atoms with Crippen LogP contribution < -0.4 is 11.1 Å². The number of anilines is 1. The van der Waals surface area contributed by atoms with Crippen molar-refractivity contribution >= 4 is 69.0 Å². The number of nitrogen functional groups attached to an aromatic ring is 1. The number of nitrogens with two attached hydrogens (primary N) is 1. The first-order valence-electron chi connectivity index (χ1n) is 12.3. The summed E-state index contributed by atoms with van der Waals surface area (Å²) in [4.78, 5) is 49.2. The number of aromatic nitrogens is 1. The lowest BCUT2D eigenvalue weighted by molar-refractivity contribution is -0.160. The number of esters is 1. The highest BCUT2D eigenvalue weighted by atomic mass is 32.2. The largest absolute Gasteiger partial charge is 0.445 e. The summed E-state index contributed by atoms with van der Waals surface area (Å²) in [6.07, 6.45) is 1.59. The van der Waals surface area contributed by atoms with E-state index in [2.05, 4.69) is 15.5 Å². The minimum Gasteiger partial charge on any atom is -0.445 e. The van der Waals surface area contributed by atoms with Gasteiger partial charge in [0.15, 0.2) is 10.8 Å². The fourth-order valence-corrected chi connectivity index (χ4v) is 6.60. The molecule has 212 valence electrons. The monoisotopic (exact) mass is 597 g/mol. The number of rotatable bonds is 8. The molecule has 0 bridgehead atoms. The lowest BCUT2D eigenvalue weighted by atomic mass is 9.89. The average molecular weight is 598 g/mol. The standard InChI is InChI=1S/C24H31N5O7S3/c1-24(2,3)22(32)36-11-35-21(37)17-13(12-5-7-34-8-6-12)9-38-20-16(19(31)29(17)20)27-18(30)15(28-33-4)14-10-39-23(25)26-14/h10,12,16,20H,5-9,11H2,1-4H3,(H2,25,26)(H,27,30)/b28-15+/t16?,20-/m1/s1. The summed E-state index contributed by atoms with van der Waals surface area (Å²) in [5, 5.41) is 8.05. The quantitative estimate of drug-likeness (QED) is 0.113. The first-order valence-corrected chi connectivity index (χ1v) is 14.6. The smallest absolute Gasteiger partial charge is 0.314 e. The van der Waals surface area contributed by atoms with Crippen LogP contribution in [0.15, 0.2) is 21.8 Å². The Balaban J connectivity index is 1.52. The molecule has 15 heteroatoms. The Hall–Kier alpha value is -2.75. The number of carbonyl (C=O) groups excluding carboxylic acids is 3. The van der Waals surface area contributed by atoms with Gasteiger partial charge in [-0.15, -0.1) is 23.1 Å². The van der Waals surface area contributed by atoms with E-state index in [0.717, 1.165) is 29.8 Å². The van der Waals surface area contributed by atoms with E-state index in [4.69, 9.17) is 37.0 Å². The number of ether oxygens (including phenoxy) is 3. The Kier molecular flexibility index (Phi) is 9.14. The van der Waals surface area contributed by atoms with Gasteiger partial charge in [0.05, 0.1) is 11.1 Å². The van der Waals surface area contributed by atoms with Gasteiger partial charge in [0.1, 0.15) is 24.2 Å². The molecule has 1 aromatic rings. The van der Waals surface area contributed by atoms with Crippen LogP contribution >= 0.6 is 35.3 Å². The van der Waals surface area contributed by atoms with Crippen molar-refractivity contribution < 1.29 is 33.4 Å². The molecule has 1 unspecified atom stereocenters. The molecule has 2 saturated heterocycles. The van der Waals surface area contributed by atoms with Crippen LogP contribution in [0, 0.1) is 11.3 Å². The normalized spacial score (nSPS) is 22.1. The Morgan fingerprint density at radius 3 is 2.64 bits per heavy atom. The summed E-state index contributed by atoms with van der Waals surface area (Å²) in [5.74, 6) is -0.632. The molecule has 0 radical (unpaired) electrons. The number of hydrogen-bond donors (Lipinski definition) is 2. The number of oxime groups is 1. The lowest BCUT2D eigenvalue weighted by Crippen LogP contribution is -2.71. The van der Waals surface area contributed by atoms with Gasteiger partial charge in [-0.3, -0.25) is 19.3 Å². The average Bonchev–Trinajstić information content (AvgIpc) is 3.34. The Morgan fingerprint density at radius 1 is 1.31 bits per heavy atom. The molecule has 4 heterocycles. The van der Waals surface area contributed by atoms with Crippen LogP contribution in [0.3, 0.4) is 0 Å². The lowest BCUT2D eigenvalue weighted by Gasteiger charge is -2.51. The maximum Gasteiger partial charge on any atom is 0.314 e. The van der Waals surface area contributed by atoms with E-state index in [9.17, 15) is 14.4 Å². The summed E-state index contributed by atoms with van der Waals surface area (Å²) >= 11 is 8.29. The minimum absolute atomic E-state index is 0.0706. The van der Waals surface area contributed by atoms with Gasteiger partial charge in [-0.2, -0.15) is 0 Å². The number of β-lactam (4-membered cyclic amide) rings is 1. The SMILES string of the molecule is CO/N=C(/C(=O)NC1C(=O)N2C(C(=S)OCOC(=O)C(C)(C)C)=C(C3CCOCC3)CS[C@H]12)c1csc(N)n1. The number of amides is 2. The third kappa shape index (κ3) is 6.36. The number of hydrogen-bond acceptors (Lipinski definition) is 13. The number of fused-ring (bicyclic) bond motifs is 1. The van der Waals surface area contributed by atoms with E-state index < -0.39 is 28.7 Å².